The Balaban J connectivity index is 3.47. The van der Waals surface area contributed by atoms with Crippen LogP contribution in [0.15, 0.2) is 12.1 Å². The van der Waals surface area contributed by atoms with Gasteiger partial charge in [-0.3, -0.25) is 4.79 Å². The number of esters is 1. The summed E-state index contributed by atoms with van der Waals surface area (Å²) in [6.45, 7) is 17.9. The molecule has 0 saturated heterocycles. The molecule has 0 aliphatic carbocycles. The lowest BCUT2D eigenvalue weighted by atomic mass is 9.78. The Morgan fingerprint density at radius 2 is 1.33 bits per heavy atom. The summed E-state index contributed by atoms with van der Waals surface area (Å²) in [5.74, 6) is -0.0180. The van der Waals surface area contributed by atoms with Gasteiger partial charge in [0.15, 0.2) is 0 Å². The van der Waals surface area contributed by atoms with E-state index in [0.717, 1.165) is 16.7 Å². The fourth-order valence-corrected chi connectivity index (χ4v) is 2.79. The minimum absolute atomic E-state index is 0.235. The molecule has 1 atom stereocenters. The maximum Gasteiger partial charge on any atom is 0.324 e. The first-order chi connectivity index (χ1) is 10.5. The number of hydrogen-bond acceptors (Lipinski definition) is 3. The number of alkyl halides is 1. The van der Waals surface area contributed by atoms with E-state index in [-0.39, 0.29) is 16.8 Å². The Kier molecular flexibility index (Phi) is 5.87. The standard InChI is InChI=1S/C20H31BrO3/c1-18(2,3)13-10-12(11-14(16(13)22)19(4,5)6)15(21)17(23)24-20(7,8)9/h10-11,15,22H,1-9H3. The number of carbonyl (C=O) groups is 1. The Bertz CT molecular complexity index is 578. The Morgan fingerprint density at radius 1 is 0.958 bits per heavy atom. The molecule has 1 rings (SSSR count). The second kappa shape index (κ2) is 6.70. The highest BCUT2D eigenvalue weighted by atomic mass is 79.9. The lowest BCUT2D eigenvalue weighted by Crippen LogP contribution is -2.26. The maximum absolute atomic E-state index is 12.4. The van der Waals surface area contributed by atoms with Crippen LogP contribution < -0.4 is 0 Å². The Morgan fingerprint density at radius 3 is 1.62 bits per heavy atom. The van der Waals surface area contributed by atoms with Crippen molar-refractivity contribution in [3.63, 3.8) is 0 Å². The predicted octanol–water partition coefficient (Wildman–Crippen LogP) is 5.76. The van der Waals surface area contributed by atoms with E-state index in [1.807, 2.05) is 32.9 Å². The van der Waals surface area contributed by atoms with Crippen LogP contribution >= 0.6 is 15.9 Å². The Hall–Kier alpha value is -1.03. The summed E-state index contributed by atoms with van der Waals surface area (Å²) >= 11 is 3.47. The molecule has 0 radical (unpaired) electrons. The summed E-state index contributed by atoms with van der Waals surface area (Å²) in [6, 6.07) is 3.79. The van der Waals surface area contributed by atoms with Crippen molar-refractivity contribution >= 4 is 21.9 Å². The number of phenolic OH excluding ortho intramolecular Hbond substituents is 1. The fourth-order valence-electron chi connectivity index (χ4n) is 2.44. The SMILES string of the molecule is CC(C)(C)OC(=O)C(Br)c1cc(C(C)(C)C)c(O)c(C(C)(C)C)c1. The molecule has 0 fully saturated rings. The van der Waals surface area contributed by atoms with Crippen LogP contribution in [0.1, 0.15) is 83.8 Å². The average Bonchev–Trinajstić information content (AvgIpc) is 2.33. The van der Waals surface area contributed by atoms with Crippen LogP contribution in [-0.4, -0.2) is 16.7 Å². The van der Waals surface area contributed by atoms with Crippen LogP contribution in [0.2, 0.25) is 0 Å². The summed E-state index contributed by atoms with van der Waals surface area (Å²) in [5, 5.41) is 10.8. The smallest absolute Gasteiger partial charge is 0.324 e. The molecule has 1 aromatic carbocycles. The molecular formula is C20H31BrO3. The van der Waals surface area contributed by atoms with Gasteiger partial charge in [-0.15, -0.1) is 0 Å². The highest BCUT2D eigenvalue weighted by molar-refractivity contribution is 9.09. The van der Waals surface area contributed by atoms with E-state index in [1.165, 1.54) is 0 Å². The van der Waals surface area contributed by atoms with Gasteiger partial charge in [-0.2, -0.15) is 0 Å². The van der Waals surface area contributed by atoms with Gasteiger partial charge in [-0.1, -0.05) is 57.5 Å². The first-order valence-electron chi connectivity index (χ1n) is 8.29. The van der Waals surface area contributed by atoms with E-state index in [1.54, 1.807) is 0 Å². The van der Waals surface area contributed by atoms with Gasteiger partial charge in [0.2, 0.25) is 0 Å². The topological polar surface area (TPSA) is 46.5 Å². The Labute approximate surface area is 154 Å². The van der Waals surface area contributed by atoms with Crippen LogP contribution in [0.3, 0.4) is 0 Å². The van der Waals surface area contributed by atoms with Gasteiger partial charge >= 0.3 is 5.97 Å². The van der Waals surface area contributed by atoms with Crippen molar-refractivity contribution in [1.29, 1.82) is 0 Å². The molecule has 0 saturated carbocycles. The zero-order valence-corrected chi connectivity index (χ0v) is 18.0. The lowest BCUT2D eigenvalue weighted by Gasteiger charge is -2.29. The average molecular weight is 399 g/mol. The molecule has 4 heteroatoms. The molecule has 1 unspecified atom stereocenters. The molecule has 1 aromatic rings. The van der Waals surface area contributed by atoms with Crippen molar-refractivity contribution in [1.82, 2.24) is 0 Å². The van der Waals surface area contributed by atoms with E-state index in [4.69, 9.17) is 4.74 Å². The number of halogens is 1. The number of hydrogen-bond donors (Lipinski definition) is 1. The van der Waals surface area contributed by atoms with Crippen molar-refractivity contribution < 1.29 is 14.6 Å². The molecule has 0 aliphatic heterocycles. The fraction of sp³-hybridized carbons (Fsp3) is 0.650. The largest absolute Gasteiger partial charge is 0.507 e. The number of benzene rings is 1. The monoisotopic (exact) mass is 398 g/mol. The summed E-state index contributed by atoms with van der Waals surface area (Å²) in [4.78, 5) is 11.9. The zero-order chi connectivity index (χ0) is 19.1. The van der Waals surface area contributed by atoms with Crippen LogP contribution in [0.5, 0.6) is 5.75 Å². The predicted molar refractivity (Wildman–Crippen MR) is 103 cm³/mol. The molecule has 136 valence electrons. The van der Waals surface area contributed by atoms with E-state index >= 15 is 0 Å². The van der Waals surface area contributed by atoms with Crippen molar-refractivity contribution in [2.24, 2.45) is 0 Å². The van der Waals surface area contributed by atoms with Crippen molar-refractivity contribution in [3.05, 3.63) is 28.8 Å². The van der Waals surface area contributed by atoms with Crippen LogP contribution in [0, 0.1) is 0 Å². The third-order valence-electron chi connectivity index (χ3n) is 3.65. The molecule has 24 heavy (non-hydrogen) atoms. The first kappa shape index (κ1) is 21.0. The second-order valence-corrected chi connectivity index (χ2v) is 10.3. The summed E-state index contributed by atoms with van der Waals surface area (Å²) in [5.41, 5.74) is 1.45. The molecule has 0 aromatic heterocycles. The molecule has 0 amide bonds. The summed E-state index contributed by atoms with van der Waals surface area (Å²) in [7, 11) is 0. The third-order valence-corrected chi connectivity index (χ3v) is 4.56. The molecule has 1 N–H and O–H groups in total. The zero-order valence-electron chi connectivity index (χ0n) is 16.4. The van der Waals surface area contributed by atoms with Crippen molar-refractivity contribution in [2.75, 3.05) is 0 Å². The third kappa shape index (κ3) is 5.23. The van der Waals surface area contributed by atoms with E-state index in [0.29, 0.717) is 5.75 Å². The minimum Gasteiger partial charge on any atom is -0.507 e. The highest BCUT2D eigenvalue weighted by Gasteiger charge is 2.30. The van der Waals surface area contributed by atoms with Crippen LogP contribution in [-0.2, 0) is 20.4 Å². The summed E-state index contributed by atoms with van der Waals surface area (Å²) in [6.07, 6.45) is 0. The number of phenols is 1. The van der Waals surface area contributed by atoms with E-state index in [2.05, 4.69) is 57.5 Å². The number of ether oxygens (including phenoxy) is 1. The van der Waals surface area contributed by atoms with Crippen molar-refractivity contribution in [2.45, 2.75) is 83.6 Å². The van der Waals surface area contributed by atoms with E-state index < -0.39 is 10.4 Å². The molecule has 3 nitrogen and oxygen atoms in total. The lowest BCUT2D eigenvalue weighted by molar-refractivity contribution is -0.154. The normalized spacial score (nSPS) is 14.4. The number of rotatable bonds is 2. The van der Waals surface area contributed by atoms with Gasteiger partial charge in [0.25, 0.3) is 0 Å². The van der Waals surface area contributed by atoms with Crippen LogP contribution in [0.4, 0.5) is 0 Å². The molecular weight excluding hydrogens is 368 g/mol. The van der Waals surface area contributed by atoms with Gasteiger partial charge in [-0.25, -0.2) is 0 Å². The van der Waals surface area contributed by atoms with Gasteiger partial charge in [0.05, 0.1) is 0 Å². The molecule has 0 bridgehead atoms. The van der Waals surface area contributed by atoms with Crippen molar-refractivity contribution in [3.8, 4) is 5.75 Å². The highest BCUT2D eigenvalue weighted by Crippen LogP contribution is 2.42. The van der Waals surface area contributed by atoms with Gasteiger partial charge in [0, 0.05) is 0 Å². The molecule has 0 heterocycles. The quantitative estimate of drug-likeness (QED) is 0.508. The van der Waals surface area contributed by atoms with Crippen LogP contribution in [0.25, 0.3) is 0 Å². The molecule has 0 spiro atoms. The van der Waals surface area contributed by atoms with Gasteiger partial charge in [-0.05, 0) is 60.4 Å². The second-order valence-electron chi connectivity index (χ2n) is 9.36. The maximum atomic E-state index is 12.4. The van der Waals surface area contributed by atoms with Gasteiger partial charge in [0.1, 0.15) is 16.2 Å². The van der Waals surface area contributed by atoms with Gasteiger partial charge < -0.3 is 9.84 Å². The van der Waals surface area contributed by atoms with E-state index in [9.17, 15) is 9.90 Å². The number of carbonyl (C=O) groups excluding carboxylic acids is 1. The minimum atomic E-state index is -0.570. The number of aromatic hydroxyl groups is 1. The first-order valence-corrected chi connectivity index (χ1v) is 9.20. The summed E-state index contributed by atoms with van der Waals surface area (Å²) < 4.78 is 5.49. The molecule has 0 aliphatic rings.